The minimum Gasteiger partial charge on any atom is -0.394 e. The first-order valence-corrected chi connectivity index (χ1v) is 6.15. The van der Waals surface area contributed by atoms with Gasteiger partial charge in [0.1, 0.15) is 0 Å². The average Bonchev–Trinajstić information content (AvgIpc) is 2.35. The molecule has 1 rings (SSSR count). The van der Waals surface area contributed by atoms with E-state index in [2.05, 4.69) is 15.9 Å². The predicted molar refractivity (Wildman–Crippen MR) is 72.5 cm³/mol. The zero-order valence-electron chi connectivity index (χ0n) is 9.93. The van der Waals surface area contributed by atoms with Crippen molar-refractivity contribution < 1.29 is 9.90 Å². The van der Waals surface area contributed by atoms with Crippen molar-refractivity contribution in [3.05, 3.63) is 40.4 Å². The number of carbonyl (C=O) groups is 1. The van der Waals surface area contributed by atoms with Crippen molar-refractivity contribution in [2.75, 3.05) is 13.7 Å². The fourth-order valence-electron chi connectivity index (χ4n) is 1.23. The number of aliphatic hydroxyl groups excluding tert-OH is 1. The molecular formula is C13H16BrNO2. The monoisotopic (exact) mass is 297 g/mol. The molecule has 0 radical (unpaired) electrons. The van der Waals surface area contributed by atoms with Crippen molar-refractivity contribution in [3.8, 4) is 0 Å². The third-order valence-electron chi connectivity index (χ3n) is 2.58. The van der Waals surface area contributed by atoms with E-state index < -0.39 is 0 Å². The Balaban J connectivity index is 2.72. The molecule has 1 unspecified atom stereocenters. The predicted octanol–water partition coefficient (Wildman–Crippen LogP) is 2.30. The Morgan fingerprint density at radius 1 is 1.53 bits per heavy atom. The van der Waals surface area contributed by atoms with Gasteiger partial charge in [0, 0.05) is 17.6 Å². The van der Waals surface area contributed by atoms with E-state index >= 15 is 0 Å². The Hall–Kier alpha value is -1.13. The van der Waals surface area contributed by atoms with Crippen LogP contribution in [0.3, 0.4) is 0 Å². The zero-order valence-corrected chi connectivity index (χ0v) is 11.5. The van der Waals surface area contributed by atoms with Crippen LogP contribution in [0.15, 0.2) is 34.8 Å². The number of carbonyl (C=O) groups excluding carboxylic acids is 1. The molecular weight excluding hydrogens is 282 g/mol. The van der Waals surface area contributed by atoms with Gasteiger partial charge in [0.15, 0.2) is 0 Å². The highest BCUT2D eigenvalue weighted by Crippen LogP contribution is 2.17. The van der Waals surface area contributed by atoms with E-state index in [-0.39, 0.29) is 18.6 Å². The van der Waals surface area contributed by atoms with Gasteiger partial charge < -0.3 is 10.0 Å². The van der Waals surface area contributed by atoms with Gasteiger partial charge in [-0.15, -0.1) is 0 Å². The lowest BCUT2D eigenvalue weighted by atomic mass is 10.2. The lowest BCUT2D eigenvalue weighted by Crippen LogP contribution is -2.36. The summed E-state index contributed by atoms with van der Waals surface area (Å²) in [6.07, 6.45) is 3.26. The summed E-state index contributed by atoms with van der Waals surface area (Å²) in [5.41, 5.74) is 0.950. The van der Waals surface area contributed by atoms with Crippen LogP contribution in [0.5, 0.6) is 0 Å². The quantitative estimate of drug-likeness (QED) is 0.867. The molecule has 1 aromatic rings. The number of amides is 1. The topological polar surface area (TPSA) is 40.5 Å². The molecule has 92 valence electrons. The molecule has 1 N–H and O–H groups in total. The number of rotatable bonds is 4. The van der Waals surface area contributed by atoms with Gasteiger partial charge in [-0.2, -0.15) is 0 Å². The number of nitrogens with zero attached hydrogens (tertiary/aromatic N) is 1. The molecule has 0 aliphatic carbocycles. The standard InChI is InChI=1S/C13H16BrNO2/c1-10(9-16)15(2)13(17)8-7-11-5-3-4-6-12(11)14/h3-8,10,16H,9H2,1-2H3/b8-7+. The van der Waals surface area contributed by atoms with Crippen molar-refractivity contribution >= 4 is 27.9 Å². The molecule has 1 atom stereocenters. The van der Waals surface area contributed by atoms with Crippen molar-refractivity contribution in [1.82, 2.24) is 4.90 Å². The number of likely N-dealkylation sites (N-methyl/N-ethyl adjacent to an activating group) is 1. The van der Waals surface area contributed by atoms with Gasteiger partial charge in [-0.3, -0.25) is 4.79 Å². The summed E-state index contributed by atoms with van der Waals surface area (Å²) in [5, 5.41) is 8.96. The molecule has 1 aromatic carbocycles. The molecule has 4 heteroatoms. The van der Waals surface area contributed by atoms with Crippen molar-refractivity contribution in [3.63, 3.8) is 0 Å². The molecule has 1 amide bonds. The van der Waals surface area contributed by atoms with E-state index in [1.807, 2.05) is 24.3 Å². The van der Waals surface area contributed by atoms with E-state index in [1.54, 1.807) is 20.0 Å². The Morgan fingerprint density at radius 2 is 2.18 bits per heavy atom. The Labute approximate surface area is 110 Å². The second-order valence-electron chi connectivity index (χ2n) is 3.84. The first-order chi connectivity index (χ1) is 8.06. The summed E-state index contributed by atoms with van der Waals surface area (Å²) in [6, 6.07) is 7.50. The highest BCUT2D eigenvalue weighted by molar-refractivity contribution is 9.10. The molecule has 0 saturated heterocycles. The molecule has 0 aliphatic heterocycles. The van der Waals surface area contributed by atoms with Crippen molar-refractivity contribution in [1.29, 1.82) is 0 Å². The van der Waals surface area contributed by atoms with Crippen LogP contribution in [0.25, 0.3) is 6.08 Å². The van der Waals surface area contributed by atoms with Crippen LogP contribution in [0.4, 0.5) is 0 Å². The Bertz CT molecular complexity index is 418. The highest BCUT2D eigenvalue weighted by atomic mass is 79.9. The summed E-state index contributed by atoms with van der Waals surface area (Å²) in [7, 11) is 1.67. The van der Waals surface area contributed by atoms with Gasteiger partial charge in [-0.05, 0) is 24.6 Å². The van der Waals surface area contributed by atoms with Crippen LogP contribution >= 0.6 is 15.9 Å². The van der Waals surface area contributed by atoms with E-state index in [0.29, 0.717) is 0 Å². The second-order valence-corrected chi connectivity index (χ2v) is 4.69. The average molecular weight is 298 g/mol. The number of hydrogen-bond acceptors (Lipinski definition) is 2. The smallest absolute Gasteiger partial charge is 0.246 e. The second kappa shape index (κ2) is 6.57. The van der Waals surface area contributed by atoms with Gasteiger partial charge in [-0.1, -0.05) is 34.1 Å². The number of benzene rings is 1. The zero-order chi connectivity index (χ0) is 12.8. The summed E-state index contributed by atoms with van der Waals surface area (Å²) < 4.78 is 0.946. The summed E-state index contributed by atoms with van der Waals surface area (Å²) in [6.45, 7) is 1.76. The van der Waals surface area contributed by atoms with E-state index in [1.165, 1.54) is 11.0 Å². The van der Waals surface area contributed by atoms with Gasteiger partial charge in [0.2, 0.25) is 5.91 Å². The van der Waals surface area contributed by atoms with Crippen LogP contribution < -0.4 is 0 Å². The molecule has 0 saturated carbocycles. The summed E-state index contributed by atoms with van der Waals surface area (Å²) in [5.74, 6) is -0.123. The van der Waals surface area contributed by atoms with E-state index in [4.69, 9.17) is 5.11 Å². The highest BCUT2D eigenvalue weighted by Gasteiger charge is 2.11. The fourth-order valence-corrected chi connectivity index (χ4v) is 1.65. The Morgan fingerprint density at radius 3 is 2.76 bits per heavy atom. The first kappa shape index (κ1) is 13.9. The third-order valence-corrected chi connectivity index (χ3v) is 3.31. The van der Waals surface area contributed by atoms with Crippen LogP contribution in [-0.2, 0) is 4.79 Å². The molecule has 0 aromatic heterocycles. The normalized spacial score (nSPS) is 12.7. The lowest BCUT2D eigenvalue weighted by Gasteiger charge is -2.21. The maximum Gasteiger partial charge on any atom is 0.246 e. The molecule has 17 heavy (non-hydrogen) atoms. The van der Waals surface area contributed by atoms with E-state index in [0.717, 1.165) is 10.0 Å². The SMILES string of the molecule is CC(CO)N(C)C(=O)/C=C/c1ccccc1Br. The fraction of sp³-hybridized carbons (Fsp3) is 0.308. The van der Waals surface area contributed by atoms with Crippen LogP contribution in [0.2, 0.25) is 0 Å². The van der Waals surface area contributed by atoms with Crippen molar-refractivity contribution in [2.45, 2.75) is 13.0 Å². The largest absolute Gasteiger partial charge is 0.394 e. The third kappa shape index (κ3) is 3.98. The molecule has 0 fully saturated rings. The van der Waals surface area contributed by atoms with Crippen LogP contribution in [0.1, 0.15) is 12.5 Å². The van der Waals surface area contributed by atoms with E-state index in [9.17, 15) is 4.79 Å². The maximum atomic E-state index is 11.7. The molecule has 0 heterocycles. The number of halogens is 1. The Kier molecular flexibility index (Phi) is 5.38. The van der Waals surface area contributed by atoms with Crippen LogP contribution in [0, 0.1) is 0 Å². The number of hydrogen-bond donors (Lipinski definition) is 1. The van der Waals surface area contributed by atoms with Gasteiger partial charge in [0.25, 0.3) is 0 Å². The maximum absolute atomic E-state index is 11.7. The molecule has 0 bridgehead atoms. The summed E-state index contributed by atoms with van der Waals surface area (Å²) in [4.78, 5) is 13.2. The molecule has 0 spiro atoms. The first-order valence-electron chi connectivity index (χ1n) is 5.36. The summed E-state index contributed by atoms with van der Waals surface area (Å²) >= 11 is 3.41. The molecule has 3 nitrogen and oxygen atoms in total. The van der Waals surface area contributed by atoms with Crippen molar-refractivity contribution in [2.24, 2.45) is 0 Å². The molecule has 0 aliphatic rings. The lowest BCUT2D eigenvalue weighted by molar-refractivity contribution is -0.127. The van der Waals surface area contributed by atoms with Gasteiger partial charge in [0.05, 0.1) is 12.6 Å². The van der Waals surface area contributed by atoms with Crippen LogP contribution in [-0.4, -0.2) is 35.6 Å². The minimum atomic E-state index is -0.175. The minimum absolute atomic E-state index is 0.0366. The van der Waals surface area contributed by atoms with Gasteiger partial charge in [-0.25, -0.2) is 0 Å². The van der Waals surface area contributed by atoms with Gasteiger partial charge >= 0.3 is 0 Å². The number of aliphatic hydroxyl groups is 1.